The molecule has 3 N–H and O–H groups in total. The number of rotatable bonds is 3. The summed E-state index contributed by atoms with van der Waals surface area (Å²) < 4.78 is 25.6. The molecule has 0 radical (unpaired) electrons. The van der Waals surface area contributed by atoms with Crippen LogP contribution in [0.3, 0.4) is 0 Å². The van der Waals surface area contributed by atoms with Gasteiger partial charge in [-0.3, -0.25) is 4.79 Å². The van der Waals surface area contributed by atoms with Gasteiger partial charge in [0.15, 0.2) is 0 Å². The second kappa shape index (κ2) is 6.41. The number of hydrogen-bond acceptors (Lipinski definition) is 4. The molecule has 0 aliphatic rings. The zero-order valence-electron chi connectivity index (χ0n) is 12.8. The fraction of sp³-hybridized carbons (Fsp3) is 0.0667. The van der Waals surface area contributed by atoms with Crippen molar-refractivity contribution in [2.75, 3.05) is 5.32 Å². The normalized spacial score (nSPS) is 11.7. The Labute approximate surface area is 157 Å². The lowest BCUT2D eigenvalue weighted by Crippen LogP contribution is -2.13. The Bertz CT molecular complexity index is 1090. The van der Waals surface area contributed by atoms with E-state index in [0.717, 1.165) is 0 Å². The molecular weight excluding hydrogens is 432 g/mol. The lowest BCUT2D eigenvalue weighted by molar-refractivity contribution is 0.102. The van der Waals surface area contributed by atoms with Crippen molar-refractivity contribution < 1.29 is 13.2 Å². The minimum Gasteiger partial charge on any atom is -0.349 e. The van der Waals surface area contributed by atoms with Crippen LogP contribution in [-0.4, -0.2) is 23.9 Å². The standard InChI is InChI=1S/C15H12BrClN4O3S/c1-21-7-12(25(18,23)24)10-6-9(2-3-11(10)21)19-15(22)8-4-13(16)20-14(17)5-8/h2-7H,1H3,(H,19,22)(H2,18,23,24). The highest BCUT2D eigenvalue weighted by Crippen LogP contribution is 2.27. The van der Waals surface area contributed by atoms with E-state index in [1.807, 2.05) is 0 Å². The molecule has 1 amide bonds. The van der Waals surface area contributed by atoms with Gasteiger partial charge in [-0.2, -0.15) is 0 Å². The lowest BCUT2D eigenvalue weighted by Gasteiger charge is -2.07. The summed E-state index contributed by atoms with van der Waals surface area (Å²) >= 11 is 9.02. The zero-order chi connectivity index (χ0) is 18.4. The van der Waals surface area contributed by atoms with Crippen molar-refractivity contribution in [2.45, 2.75) is 4.90 Å². The van der Waals surface area contributed by atoms with Crippen LogP contribution in [0.2, 0.25) is 5.15 Å². The van der Waals surface area contributed by atoms with Crippen molar-refractivity contribution in [1.82, 2.24) is 9.55 Å². The fourth-order valence-electron chi connectivity index (χ4n) is 2.46. The summed E-state index contributed by atoms with van der Waals surface area (Å²) in [5.74, 6) is -0.405. The van der Waals surface area contributed by atoms with E-state index in [1.54, 1.807) is 29.8 Å². The molecule has 0 bridgehead atoms. The Hall–Kier alpha value is -1.94. The van der Waals surface area contributed by atoms with Crippen LogP contribution < -0.4 is 10.5 Å². The van der Waals surface area contributed by atoms with Gasteiger partial charge in [0.2, 0.25) is 10.0 Å². The van der Waals surface area contributed by atoms with Crippen molar-refractivity contribution in [3.05, 3.63) is 51.8 Å². The topological polar surface area (TPSA) is 107 Å². The predicted molar refractivity (Wildman–Crippen MR) is 99.2 cm³/mol. The first-order valence-electron chi connectivity index (χ1n) is 6.91. The molecule has 2 aromatic heterocycles. The van der Waals surface area contributed by atoms with Crippen LogP contribution in [0.1, 0.15) is 10.4 Å². The van der Waals surface area contributed by atoms with Gasteiger partial charge in [0.05, 0.1) is 0 Å². The lowest BCUT2D eigenvalue weighted by atomic mass is 10.2. The van der Waals surface area contributed by atoms with Crippen LogP contribution in [0.4, 0.5) is 5.69 Å². The minimum absolute atomic E-state index is 0.00389. The van der Waals surface area contributed by atoms with Gasteiger partial charge in [0.1, 0.15) is 14.7 Å². The molecule has 10 heteroatoms. The van der Waals surface area contributed by atoms with Crippen molar-refractivity contribution in [1.29, 1.82) is 0 Å². The van der Waals surface area contributed by atoms with E-state index in [0.29, 0.717) is 26.8 Å². The van der Waals surface area contributed by atoms with Crippen LogP contribution in [0.5, 0.6) is 0 Å². The quantitative estimate of drug-likeness (QED) is 0.607. The number of amides is 1. The summed E-state index contributed by atoms with van der Waals surface area (Å²) in [7, 11) is -2.17. The average Bonchev–Trinajstić information content (AvgIpc) is 2.83. The first-order chi connectivity index (χ1) is 11.6. The molecule has 25 heavy (non-hydrogen) atoms. The molecular formula is C15H12BrClN4O3S. The second-order valence-electron chi connectivity index (χ2n) is 5.34. The molecule has 0 fully saturated rings. The number of fused-ring (bicyclic) bond motifs is 1. The highest BCUT2D eigenvalue weighted by Gasteiger charge is 2.17. The molecule has 1 aromatic carbocycles. The van der Waals surface area contributed by atoms with Crippen LogP contribution >= 0.6 is 27.5 Å². The van der Waals surface area contributed by atoms with E-state index in [4.69, 9.17) is 16.7 Å². The van der Waals surface area contributed by atoms with E-state index in [1.165, 1.54) is 18.3 Å². The van der Waals surface area contributed by atoms with E-state index in [9.17, 15) is 13.2 Å². The number of carbonyl (C=O) groups is 1. The number of carbonyl (C=O) groups excluding carboxylic acids is 1. The Kier molecular flexibility index (Phi) is 4.58. The summed E-state index contributed by atoms with van der Waals surface area (Å²) in [6, 6.07) is 7.89. The summed E-state index contributed by atoms with van der Waals surface area (Å²) in [6.45, 7) is 0. The third-order valence-electron chi connectivity index (χ3n) is 3.54. The van der Waals surface area contributed by atoms with Crippen LogP contribution in [0.25, 0.3) is 10.9 Å². The molecule has 0 saturated heterocycles. The molecule has 2 heterocycles. The van der Waals surface area contributed by atoms with Gasteiger partial charge in [0.25, 0.3) is 5.91 Å². The van der Waals surface area contributed by atoms with Crippen molar-refractivity contribution in [3.8, 4) is 0 Å². The van der Waals surface area contributed by atoms with Crippen molar-refractivity contribution >= 4 is 60.1 Å². The maximum absolute atomic E-state index is 12.4. The van der Waals surface area contributed by atoms with E-state index in [2.05, 4.69) is 26.2 Å². The number of benzene rings is 1. The molecule has 130 valence electrons. The van der Waals surface area contributed by atoms with Gasteiger partial charge in [-0.05, 0) is 46.3 Å². The summed E-state index contributed by atoms with van der Waals surface area (Å²) in [4.78, 5) is 16.3. The predicted octanol–water partition coefficient (Wildman–Crippen LogP) is 2.89. The van der Waals surface area contributed by atoms with Gasteiger partial charge in [-0.25, -0.2) is 18.5 Å². The number of aryl methyl sites for hydroxylation is 1. The van der Waals surface area contributed by atoms with Crippen molar-refractivity contribution in [2.24, 2.45) is 12.2 Å². The minimum atomic E-state index is -3.88. The third-order valence-corrected chi connectivity index (χ3v) is 5.08. The first kappa shape index (κ1) is 17.9. The Morgan fingerprint density at radius 2 is 2.04 bits per heavy atom. The molecule has 0 unspecified atom stereocenters. The van der Waals surface area contributed by atoms with Crippen LogP contribution in [-0.2, 0) is 17.1 Å². The number of halogens is 2. The number of nitrogens with two attached hydrogens (primary N) is 1. The first-order valence-corrected chi connectivity index (χ1v) is 9.63. The van der Waals surface area contributed by atoms with Gasteiger partial charge >= 0.3 is 0 Å². The van der Waals surface area contributed by atoms with Gasteiger partial charge in [-0.1, -0.05) is 11.6 Å². The van der Waals surface area contributed by atoms with Gasteiger partial charge < -0.3 is 9.88 Å². The number of primary sulfonamides is 1. The van der Waals surface area contributed by atoms with Crippen LogP contribution in [0.15, 0.2) is 46.0 Å². The molecule has 0 spiro atoms. The zero-order valence-corrected chi connectivity index (χ0v) is 16.0. The average molecular weight is 444 g/mol. The summed E-state index contributed by atoms with van der Waals surface area (Å²) in [6.07, 6.45) is 1.44. The number of sulfonamides is 1. The molecule has 0 saturated carbocycles. The van der Waals surface area contributed by atoms with E-state index >= 15 is 0 Å². The SMILES string of the molecule is Cn1cc(S(N)(=O)=O)c2cc(NC(=O)c3cc(Cl)nc(Br)c3)ccc21. The maximum atomic E-state index is 12.4. The molecule has 0 atom stereocenters. The monoisotopic (exact) mass is 442 g/mol. The maximum Gasteiger partial charge on any atom is 0.255 e. The number of hydrogen-bond donors (Lipinski definition) is 2. The Morgan fingerprint density at radius 3 is 2.68 bits per heavy atom. The Balaban J connectivity index is 2.01. The number of pyridine rings is 1. The summed E-state index contributed by atoms with van der Waals surface area (Å²) in [5, 5.41) is 8.56. The number of nitrogens with one attached hydrogen (secondary N) is 1. The number of nitrogens with zero attached hydrogens (tertiary/aromatic N) is 2. The number of anilines is 1. The highest BCUT2D eigenvalue weighted by molar-refractivity contribution is 9.10. The molecule has 3 aromatic rings. The van der Waals surface area contributed by atoms with Gasteiger partial charge in [-0.15, -0.1) is 0 Å². The number of aromatic nitrogens is 2. The van der Waals surface area contributed by atoms with E-state index < -0.39 is 15.9 Å². The van der Waals surface area contributed by atoms with Crippen molar-refractivity contribution in [3.63, 3.8) is 0 Å². The fourth-order valence-corrected chi connectivity index (χ4v) is 3.98. The van der Waals surface area contributed by atoms with Crippen LogP contribution in [0, 0.1) is 0 Å². The third kappa shape index (κ3) is 3.69. The Morgan fingerprint density at radius 1 is 1.32 bits per heavy atom. The highest BCUT2D eigenvalue weighted by atomic mass is 79.9. The second-order valence-corrected chi connectivity index (χ2v) is 8.07. The summed E-state index contributed by atoms with van der Waals surface area (Å²) in [5.41, 5.74) is 1.42. The molecule has 3 rings (SSSR count). The molecule has 0 aliphatic carbocycles. The smallest absolute Gasteiger partial charge is 0.255 e. The van der Waals surface area contributed by atoms with Gasteiger partial charge in [0, 0.05) is 35.4 Å². The molecule has 0 aliphatic heterocycles. The van der Waals surface area contributed by atoms with E-state index in [-0.39, 0.29) is 10.0 Å². The molecule has 7 nitrogen and oxygen atoms in total. The largest absolute Gasteiger partial charge is 0.349 e.